The second kappa shape index (κ2) is 6.74. The first-order valence-electron chi connectivity index (χ1n) is 6.00. The van der Waals surface area contributed by atoms with Gasteiger partial charge in [-0.2, -0.15) is 4.99 Å². The molecule has 0 aromatic heterocycles. The molecule has 2 aromatic rings. The van der Waals surface area contributed by atoms with Crippen molar-refractivity contribution >= 4 is 28.8 Å². The molecule has 0 aliphatic rings. The van der Waals surface area contributed by atoms with Crippen LogP contribution in [0.3, 0.4) is 0 Å². The molecule has 0 spiro atoms. The molecule has 2 nitrogen and oxygen atoms in total. The van der Waals surface area contributed by atoms with Gasteiger partial charge in [0.15, 0.2) is 0 Å². The largest absolute Gasteiger partial charge is 0.299 e. The van der Waals surface area contributed by atoms with Crippen LogP contribution in [0.4, 0.5) is 5.69 Å². The van der Waals surface area contributed by atoms with E-state index in [1.54, 1.807) is 0 Å². The first-order chi connectivity index (χ1) is 9.28. The van der Waals surface area contributed by atoms with E-state index in [4.69, 9.17) is 0 Å². The van der Waals surface area contributed by atoms with Crippen LogP contribution in [0.25, 0.3) is 0 Å². The maximum Gasteiger partial charge on any atom is 0.141 e. The normalized spacial score (nSPS) is 9.68. The summed E-state index contributed by atoms with van der Waals surface area (Å²) in [7, 11) is 0. The van der Waals surface area contributed by atoms with Gasteiger partial charge in [-0.05, 0) is 35.5 Å². The minimum atomic E-state index is 0.206. The number of carbonyl (C=O) groups excluding carboxylic acids is 1. The molecule has 0 bridgehead atoms. The standard InChI is InChI=1S/C16H13NOS/c18-16(10-13-4-2-1-3-5-13)11-14-6-8-15(9-7-14)17-12-19/h1-9H,10-11H2. The average molecular weight is 267 g/mol. The third-order valence-electron chi connectivity index (χ3n) is 2.76. The summed E-state index contributed by atoms with van der Waals surface area (Å²) in [6.07, 6.45) is 0.914. The van der Waals surface area contributed by atoms with E-state index in [1.807, 2.05) is 54.6 Å². The number of thiocarbonyl (C=S) groups is 1. The maximum atomic E-state index is 11.9. The summed E-state index contributed by atoms with van der Waals surface area (Å²) in [4.78, 5) is 15.8. The van der Waals surface area contributed by atoms with Gasteiger partial charge >= 0.3 is 0 Å². The summed E-state index contributed by atoms with van der Waals surface area (Å²) >= 11 is 4.54. The number of hydrogen-bond donors (Lipinski definition) is 0. The van der Waals surface area contributed by atoms with Gasteiger partial charge in [0.1, 0.15) is 5.78 Å². The van der Waals surface area contributed by atoms with Crippen LogP contribution in [0.5, 0.6) is 0 Å². The molecule has 2 rings (SSSR count). The van der Waals surface area contributed by atoms with Gasteiger partial charge < -0.3 is 0 Å². The number of aliphatic imine (C=N–C) groups is 1. The van der Waals surface area contributed by atoms with Crippen molar-refractivity contribution in [2.75, 3.05) is 0 Å². The van der Waals surface area contributed by atoms with Crippen LogP contribution in [0.2, 0.25) is 0 Å². The van der Waals surface area contributed by atoms with Crippen LogP contribution in [0.1, 0.15) is 11.1 Å². The SMILES string of the molecule is O=C(Cc1ccccc1)Cc1ccc(N=C=S)cc1. The van der Waals surface area contributed by atoms with Gasteiger partial charge in [-0.15, -0.1) is 0 Å². The first-order valence-corrected chi connectivity index (χ1v) is 6.41. The van der Waals surface area contributed by atoms with E-state index in [-0.39, 0.29) is 5.78 Å². The van der Waals surface area contributed by atoms with Crippen LogP contribution in [-0.4, -0.2) is 10.9 Å². The maximum absolute atomic E-state index is 11.9. The molecule has 0 radical (unpaired) electrons. The molecule has 0 heterocycles. The molecule has 0 fully saturated rings. The Morgan fingerprint density at radius 3 is 2.11 bits per heavy atom. The first kappa shape index (κ1) is 13.3. The number of hydrogen-bond acceptors (Lipinski definition) is 3. The van der Waals surface area contributed by atoms with Gasteiger partial charge in [-0.3, -0.25) is 4.79 Å². The lowest BCUT2D eigenvalue weighted by Crippen LogP contribution is -2.06. The summed E-state index contributed by atoms with van der Waals surface area (Å²) in [6.45, 7) is 0. The van der Waals surface area contributed by atoms with Gasteiger partial charge in [0, 0.05) is 12.8 Å². The molecule has 0 aliphatic carbocycles. The van der Waals surface area contributed by atoms with Crippen molar-refractivity contribution < 1.29 is 4.79 Å². The Labute approximate surface area is 117 Å². The third kappa shape index (κ3) is 4.25. The predicted octanol–water partition coefficient (Wildman–Crippen LogP) is 3.78. The third-order valence-corrected chi connectivity index (χ3v) is 2.85. The molecule has 0 aliphatic heterocycles. The van der Waals surface area contributed by atoms with E-state index in [1.165, 1.54) is 0 Å². The summed E-state index contributed by atoms with van der Waals surface area (Å²) in [5, 5.41) is 2.32. The molecule has 0 amide bonds. The van der Waals surface area contributed by atoms with Crippen molar-refractivity contribution in [1.29, 1.82) is 0 Å². The fraction of sp³-hybridized carbons (Fsp3) is 0.125. The zero-order valence-electron chi connectivity index (χ0n) is 10.4. The van der Waals surface area contributed by atoms with E-state index in [0.29, 0.717) is 12.8 Å². The smallest absolute Gasteiger partial charge is 0.141 e. The van der Waals surface area contributed by atoms with Gasteiger partial charge in [-0.1, -0.05) is 42.5 Å². The lowest BCUT2D eigenvalue weighted by Gasteiger charge is -2.02. The molecule has 3 heteroatoms. The molecule has 0 saturated carbocycles. The Kier molecular flexibility index (Phi) is 4.73. The Morgan fingerprint density at radius 2 is 1.53 bits per heavy atom. The van der Waals surface area contributed by atoms with Crippen LogP contribution >= 0.6 is 12.2 Å². The van der Waals surface area contributed by atoms with E-state index in [2.05, 4.69) is 22.4 Å². The molecule has 0 atom stereocenters. The quantitative estimate of drug-likeness (QED) is 0.609. The fourth-order valence-corrected chi connectivity index (χ4v) is 1.96. The number of carbonyl (C=O) groups is 1. The summed E-state index contributed by atoms with van der Waals surface area (Å²) in [5.74, 6) is 0.206. The topological polar surface area (TPSA) is 29.4 Å². The second-order valence-electron chi connectivity index (χ2n) is 4.25. The number of rotatable bonds is 5. The highest BCUT2D eigenvalue weighted by atomic mass is 32.1. The summed E-state index contributed by atoms with van der Waals surface area (Å²) in [6, 6.07) is 17.2. The Hall–Kier alpha value is -2.09. The highest BCUT2D eigenvalue weighted by molar-refractivity contribution is 7.78. The van der Waals surface area contributed by atoms with Crippen LogP contribution in [-0.2, 0) is 17.6 Å². The zero-order valence-corrected chi connectivity index (χ0v) is 11.2. The van der Waals surface area contributed by atoms with Crippen molar-refractivity contribution in [3.63, 3.8) is 0 Å². The molecule has 94 valence electrons. The number of nitrogens with zero attached hydrogens (tertiary/aromatic N) is 1. The number of isothiocyanates is 1. The Balaban J connectivity index is 1.97. The monoisotopic (exact) mass is 267 g/mol. The van der Waals surface area contributed by atoms with Gasteiger partial charge in [0.2, 0.25) is 0 Å². The lowest BCUT2D eigenvalue weighted by atomic mass is 10.0. The molecule has 2 aromatic carbocycles. The van der Waals surface area contributed by atoms with E-state index < -0.39 is 0 Å². The fourth-order valence-electron chi connectivity index (χ4n) is 1.85. The number of ketones is 1. The van der Waals surface area contributed by atoms with E-state index in [0.717, 1.165) is 16.8 Å². The van der Waals surface area contributed by atoms with E-state index >= 15 is 0 Å². The highest BCUT2D eigenvalue weighted by Crippen LogP contribution is 2.13. The zero-order chi connectivity index (χ0) is 13.5. The second-order valence-corrected chi connectivity index (χ2v) is 4.43. The van der Waals surface area contributed by atoms with Gasteiger partial charge in [0.25, 0.3) is 0 Å². The number of benzene rings is 2. The molecule has 0 N–H and O–H groups in total. The minimum Gasteiger partial charge on any atom is -0.299 e. The molecule has 0 saturated heterocycles. The molecule has 0 unspecified atom stereocenters. The predicted molar refractivity (Wildman–Crippen MR) is 80.0 cm³/mol. The molecular weight excluding hydrogens is 254 g/mol. The van der Waals surface area contributed by atoms with Crippen LogP contribution in [0, 0.1) is 0 Å². The van der Waals surface area contributed by atoms with Crippen molar-refractivity contribution in [1.82, 2.24) is 0 Å². The van der Waals surface area contributed by atoms with Gasteiger partial charge in [-0.25, -0.2) is 0 Å². The summed E-state index contributed by atoms with van der Waals surface area (Å²) < 4.78 is 0. The lowest BCUT2D eigenvalue weighted by molar-refractivity contribution is -0.117. The number of Topliss-reactive ketones (excluding diaryl/α,β-unsaturated/α-hetero) is 1. The van der Waals surface area contributed by atoms with Crippen LogP contribution in [0.15, 0.2) is 59.6 Å². The average Bonchev–Trinajstić information content (AvgIpc) is 2.42. The Bertz CT molecular complexity index is 598. The molecular formula is C16H13NOS. The summed E-state index contributed by atoms with van der Waals surface area (Å²) in [5.41, 5.74) is 2.80. The van der Waals surface area contributed by atoms with Crippen LogP contribution < -0.4 is 0 Å². The van der Waals surface area contributed by atoms with Crippen molar-refractivity contribution in [2.45, 2.75) is 12.8 Å². The van der Waals surface area contributed by atoms with Gasteiger partial charge in [0.05, 0.1) is 10.8 Å². The van der Waals surface area contributed by atoms with E-state index in [9.17, 15) is 4.79 Å². The van der Waals surface area contributed by atoms with Crippen molar-refractivity contribution in [3.05, 3.63) is 65.7 Å². The highest BCUT2D eigenvalue weighted by Gasteiger charge is 2.05. The van der Waals surface area contributed by atoms with Crippen molar-refractivity contribution in [3.8, 4) is 0 Å². The Morgan fingerprint density at radius 1 is 0.947 bits per heavy atom. The molecule has 19 heavy (non-hydrogen) atoms. The minimum absolute atomic E-state index is 0.206. The van der Waals surface area contributed by atoms with Crippen molar-refractivity contribution in [2.24, 2.45) is 4.99 Å².